The number of hydrogen-bond donors (Lipinski definition) is 0. The summed E-state index contributed by atoms with van der Waals surface area (Å²) in [4.78, 5) is 11.3. The van der Waals surface area contributed by atoms with Gasteiger partial charge in [0.15, 0.2) is 0 Å². The Hall–Kier alpha value is -0.850. The molecule has 7 heteroatoms. The molecule has 1 heterocycles. The van der Waals surface area contributed by atoms with Crippen LogP contribution in [0.3, 0.4) is 0 Å². The summed E-state index contributed by atoms with van der Waals surface area (Å²) in [5, 5.41) is 3.59. The van der Waals surface area contributed by atoms with Crippen LogP contribution in [-0.2, 0) is 9.05 Å². The third-order valence-electron chi connectivity index (χ3n) is 2.06. The first-order valence-corrected chi connectivity index (χ1v) is 7.20. The van der Waals surface area contributed by atoms with Gasteiger partial charge in [0.2, 0.25) is 0 Å². The first kappa shape index (κ1) is 11.6. The van der Waals surface area contributed by atoms with Gasteiger partial charge in [0, 0.05) is 26.9 Å². The SMILES string of the molecule is O=C1[N]C=C(Br)c2ccc(S(=O)(=O)Cl)cc21. The van der Waals surface area contributed by atoms with Crippen LogP contribution in [0.25, 0.3) is 4.48 Å². The van der Waals surface area contributed by atoms with Gasteiger partial charge in [-0.1, -0.05) is 6.07 Å². The maximum atomic E-state index is 11.4. The molecule has 1 aromatic rings. The van der Waals surface area contributed by atoms with Crippen LogP contribution in [0, 0.1) is 0 Å². The van der Waals surface area contributed by atoms with Crippen LogP contribution >= 0.6 is 26.6 Å². The summed E-state index contributed by atoms with van der Waals surface area (Å²) in [6.07, 6.45) is 1.37. The summed E-state index contributed by atoms with van der Waals surface area (Å²) in [6.45, 7) is 0. The lowest BCUT2D eigenvalue weighted by Gasteiger charge is -2.12. The number of nitrogens with zero attached hydrogens (tertiary/aromatic N) is 1. The average molecular weight is 322 g/mol. The molecule has 0 spiro atoms. The average Bonchev–Trinajstić information content (AvgIpc) is 2.22. The van der Waals surface area contributed by atoms with E-state index in [0.29, 0.717) is 10.0 Å². The number of carbonyl (C=O) groups is 1. The minimum Gasteiger partial charge on any atom is -0.267 e. The normalized spacial score (nSPS) is 15.1. The van der Waals surface area contributed by atoms with Gasteiger partial charge in [-0.15, -0.1) is 0 Å². The van der Waals surface area contributed by atoms with Crippen molar-refractivity contribution in [2.45, 2.75) is 4.90 Å². The fourth-order valence-electron chi connectivity index (χ4n) is 1.31. The van der Waals surface area contributed by atoms with Crippen LogP contribution in [0.2, 0.25) is 0 Å². The van der Waals surface area contributed by atoms with E-state index >= 15 is 0 Å². The van der Waals surface area contributed by atoms with Gasteiger partial charge in [0.25, 0.3) is 15.0 Å². The molecule has 0 unspecified atom stereocenters. The van der Waals surface area contributed by atoms with Crippen molar-refractivity contribution in [2.75, 3.05) is 0 Å². The van der Waals surface area contributed by atoms with E-state index in [1.165, 1.54) is 24.4 Å². The zero-order chi connectivity index (χ0) is 11.9. The van der Waals surface area contributed by atoms with E-state index in [4.69, 9.17) is 10.7 Å². The summed E-state index contributed by atoms with van der Waals surface area (Å²) < 4.78 is 22.8. The fraction of sp³-hybridized carbons (Fsp3) is 0. The predicted octanol–water partition coefficient (Wildman–Crippen LogP) is 2.07. The van der Waals surface area contributed by atoms with Crippen molar-refractivity contribution < 1.29 is 13.2 Å². The van der Waals surface area contributed by atoms with Crippen molar-refractivity contribution >= 4 is 46.1 Å². The van der Waals surface area contributed by atoms with Crippen molar-refractivity contribution in [2.24, 2.45) is 0 Å². The zero-order valence-corrected chi connectivity index (χ0v) is 10.8. The van der Waals surface area contributed by atoms with Gasteiger partial charge >= 0.3 is 0 Å². The minimum atomic E-state index is -3.83. The van der Waals surface area contributed by atoms with E-state index in [-0.39, 0.29) is 10.5 Å². The highest BCUT2D eigenvalue weighted by Gasteiger charge is 2.22. The van der Waals surface area contributed by atoms with E-state index in [9.17, 15) is 13.2 Å². The van der Waals surface area contributed by atoms with Gasteiger partial charge < -0.3 is 0 Å². The quantitative estimate of drug-likeness (QED) is 0.744. The lowest BCUT2D eigenvalue weighted by molar-refractivity contribution is 0.0964. The highest BCUT2D eigenvalue weighted by Crippen LogP contribution is 2.30. The number of rotatable bonds is 1. The Bertz CT molecular complexity index is 609. The molecule has 1 aromatic carbocycles. The van der Waals surface area contributed by atoms with Crippen LogP contribution < -0.4 is 5.32 Å². The molecule has 0 atom stereocenters. The lowest BCUT2D eigenvalue weighted by atomic mass is 10.0. The third kappa shape index (κ3) is 2.00. The molecule has 1 radical (unpaired) electrons. The number of amides is 1. The topological polar surface area (TPSA) is 65.3 Å². The van der Waals surface area contributed by atoms with Crippen LogP contribution in [0.15, 0.2) is 29.3 Å². The Morgan fingerprint density at radius 3 is 2.56 bits per heavy atom. The summed E-state index contributed by atoms with van der Waals surface area (Å²) in [5.74, 6) is -0.486. The zero-order valence-electron chi connectivity index (χ0n) is 7.65. The van der Waals surface area contributed by atoms with Gasteiger partial charge in [-0.2, -0.15) is 0 Å². The fourth-order valence-corrected chi connectivity index (χ4v) is 2.54. The van der Waals surface area contributed by atoms with E-state index in [2.05, 4.69) is 21.2 Å². The number of carbonyl (C=O) groups excluding carboxylic acids is 1. The highest BCUT2D eigenvalue weighted by molar-refractivity contribution is 9.15. The van der Waals surface area contributed by atoms with Crippen molar-refractivity contribution in [3.8, 4) is 0 Å². The van der Waals surface area contributed by atoms with Crippen LogP contribution in [0.4, 0.5) is 0 Å². The lowest BCUT2D eigenvalue weighted by Crippen LogP contribution is -2.16. The smallest absolute Gasteiger partial charge is 0.267 e. The summed E-state index contributed by atoms with van der Waals surface area (Å²) in [7, 11) is 1.36. The van der Waals surface area contributed by atoms with Crippen molar-refractivity contribution in [1.82, 2.24) is 5.32 Å². The molecule has 0 bridgehead atoms. The van der Waals surface area contributed by atoms with E-state index in [0.717, 1.165) is 0 Å². The van der Waals surface area contributed by atoms with E-state index in [1.54, 1.807) is 0 Å². The molecule has 0 aliphatic carbocycles. The molecule has 0 N–H and O–H groups in total. The summed E-state index contributed by atoms with van der Waals surface area (Å²) >= 11 is 3.22. The minimum absolute atomic E-state index is 0.112. The Balaban J connectivity index is 2.68. The predicted molar refractivity (Wildman–Crippen MR) is 62.8 cm³/mol. The Kier molecular flexibility index (Phi) is 2.81. The first-order chi connectivity index (χ1) is 7.39. The molecule has 1 amide bonds. The van der Waals surface area contributed by atoms with Crippen molar-refractivity contribution in [3.63, 3.8) is 0 Å². The van der Waals surface area contributed by atoms with E-state index in [1.807, 2.05) is 0 Å². The maximum Gasteiger partial charge on any atom is 0.277 e. The Morgan fingerprint density at radius 2 is 1.94 bits per heavy atom. The highest BCUT2D eigenvalue weighted by atomic mass is 79.9. The largest absolute Gasteiger partial charge is 0.277 e. The van der Waals surface area contributed by atoms with Gasteiger partial charge in [0.05, 0.1) is 10.5 Å². The summed E-state index contributed by atoms with van der Waals surface area (Å²) in [5.41, 5.74) is 0.820. The second-order valence-corrected chi connectivity index (χ2v) is 6.48. The molecule has 2 rings (SSSR count). The molecule has 0 saturated heterocycles. The Morgan fingerprint density at radius 1 is 1.25 bits per heavy atom. The second kappa shape index (κ2) is 3.87. The molecule has 0 saturated carbocycles. The van der Waals surface area contributed by atoms with Crippen molar-refractivity contribution in [3.05, 3.63) is 35.5 Å². The van der Waals surface area contributed by atoms with Gasteiger partial charge in [0.1, 0.15) is 0 Å². The van der Waals surface area contributed by atoms with Gasteiger partial charge in [-0.25, -0.2) is 13.7 Å². The van der Waals surface area contributed by atoms with Crippen LogP contribution in [0.1, 0.15) is 15.9 Å². The Labute approximate surface area is 105 Å². The molecular weight excluding hydrogens is 318 g/mol. The number of hydrogen-bond acceptors (Lipinski definition) is 3. The van der Waals surface area contributed by atoms with Crippen molar-refractivity contribution in [1.29, 1.82) is 0 Å². The molecular formula is C9H4BrClNO3S. The number of fused-ring (bicyclic) bond motifs is 1. The number of halogens is 2. The second-order valence-electron chi connectivity index (χ2n) is 3.06. The van der Waals surface area contributed by atoms with Gasteiger partial charge in [-0.3, -0.25) is 4.79 Å². The molecule has 83 valence electrons. The third-order valence-corrected chi connectivity index (χ3v) is 4.04. The number of benzene rings is 1. The first-order valence-electron chi connectivity index (χ1n) is 4.09. The monoisotopic (exact) mass is 320 g/mol. The summed E-state index contributed by atoms with van der Waals surface area (Å²) in [6, 6.07) is 4.07. The molecule has 4 nitrogen and oxygen atoms in total. The van der Waals surface area contributed by atoms with Crippen LogP contribution in [0.5, 0.6) is 0 Å². The molecule has 1 aliphatic rings. The van der Waals surface area contributed by atoms with Crippen LogP contribution in [-0.4, -0.2) is 14.3 Å². The molecule has 1 aliphatic heterocycles. The van der Waals surface area contributed by atoms with E-state index < -0.39 is 15.0 Å². The molecule has 0 fully saturated rings. The molecule has 16 heavy (non-hydrogen) atoms. The maximum absolute atomic E-state index is 11.4. The van der Waals surface area contributed by atoms with Gasteiger partial charge in [-0.05, 0) is 28.1 Å². The molecule has 0 aromatic heterocycles. The standard InChI is InChI=1S/C9H4BrClNO3S/c10-8-4-12-9(13)7-3-5(16(11,14)15)1-2-6(7)8/h1-4H.